The Kier molecular flexibility index (Phi) is 6.62. The van der Waals surface area contributed by atoms with Crippen LogP contribution in [0.5, 0.6) is 0 Å². The van der Waals surface area contributed by atoms with Crippen LogP contribution in [-0.4, -0.2) is 36.2 Å². The zero-order valence-electron chi connectivity index (χ0n) is 10.1. The quantitative estimate of drug-likeness (QED) is 0.630. The molecule has 1 heterocycles. The van der Waals surface area contributed by atoms with E-state index in [0.29, 0.717) is 13.2 Å². The molecule has 1 amide bonds. The van der Waals surface area contributed by atoms with Gasteiger partial charge in [0.1, 0.15) is 6.10 Å². The Bertz CT molecular complexity index is 249. The second-order valence-corrected chi connectivity index (χ2v) is 4.35. The van der Waals surface area contributed by atoms with Crippen LogP contribution in [0.4, 0.5) is 0 Å². The zero-order valence-corrected chi connectivity index (χ0v) is 10.1. The molecule has 0 spiro atoms. The number of rotatable bonds is 8. The first-order valence-corrected chi connectivity index (χ1v) is 6.31. The first kappa shape index (κ1) is 14.0. The van der Waals surface area contributed by atoms with Gasteiger partial charge in [0.2, 0.25) is 5.91 Å². The van der Waals surface area contributed by atoms with Crippen LogP contribution >= 0.6 is 0 Å². The van der Waals surface area contributed by atoms with Crippen molar-refractivity contribution >= 4 is 11.9 Å². The second-order valence-electron chi connectivity index (χ2n) is 4.35. The smallest absolute Gasteiger partial charge is 0.303 e. The van der Waals surface area contributed by atoms with E-state index < -0.39 is 5.97 Å². The van der Waals surface area contributed by atoms with Crippen molar-refractivity contribution in [1.29, 1.82) is 0 Å². The van der Waals surface area contributed by atoms with Crippen LogP contribution in [0.3, 0.4) is 0 Å². The molecule has 0 unspecified atom stereocenters. The van der Waals surface area contributed by atoms with E-state index in [0.717, 1.165) is 38.5 Å². The van der Waals surface area contributed by atoms with Crippen LogP contribution in [0.1, 0.15) is 44.9 Å². The molecule has 17 heavy (non-hydrogen) atoms. The number of carboxylic acids is 1. The third kappa shape index (κ3) is 6.26. The van der Waals surface area contributed by atoms with E-state index in [2.05, 4.69) is 5.32 Å². The number of hydrogen-bond acceptors (Lipinski definition) is 3. The first-order chi connectivity index (χ1) is 8.20. The van der Waals surface area contributed by atoms with E-state index in [-0.39, 0.29) is 18.4 Å². The minimum Gasteiger partial charge on any atom is -0.481 e. The average molecular weight is 243 g/mol. The third-order valence-corrected chi connectivity index (χ3v) is 2.84. The molecular weight excluding hydrogens is 222 g/mol. The first-order valence-electron chi connectivity index (χ1n) is 6.31. The number of unbranched alkanes of at least 4 members (excludes halogenated alkanes) is 3. The summed E-state index contributed by atoms with van der Waals surface area (Å²) in [7, 11) is 0. The fourth-order valence-corrected chi connectivity index (χ4v) is 1.86. The van der Waals surface area contributed by atoms with Gasteiger partial charge >= 0.3 is 5.97 Å². The molecule has 0 aromatic carbocycles. The number of aliphatic carboxylic acids is 1. The minimum atomic E-state index is -0.739. The van der Waals surface area contributed by atoms with Gasteiger partial charge in [-0.2, -0.15) is 0 Å². The van der Waals surface area contributed by atoms with E-state index in [1.54, 1.807) is 0 Å². The molecule has 1 atom stereocenters. The summed E-state index contributed by atoms with van der Waals surface area (Å²) in [5.41, 5.74) is 0. The number of ether oxygens (including phenoxy) is 1. The lowest BCUT2D eigenvalue weighted by Gasteiger charge is -2.09. The van der Waals surface area contributed by atoms with Gasteiger partial charge in [-0.3, -0.25) is 9.59 Å². The molecule has 5 nitrogen and oxygen atoms in total. The number of carbonyl (C=O) groups excluding carboxylic acids is 1. The summed E-state index contributed by atoms with van der Waals surface area (Å²) in [6, 6.07) is 0. The molecule has 0 saturated carbocycles. The highest BCUT2D eigenvalue weighted by atomic mass is 16.5. The lowest BCUT2D eigenvalue weighted by Crippen LogP contribution is -2.34. The lowest BCUT2D eigenvalue weighted by molar-refractivity contribution is -0.137. The highest BCUT2D eigenvalue weighted by molar-refractivity contribution is 5.80. The van der Waals surface area contributed by atoms with Crippen molar-refractivity contribution in [2.45, 2.75) is 51.0 Å². The van der Waals surface area contributed by atoms with E-state index in [9.17, 15) is 9.59 Å². The van der Waals surface area contributed by atoms with E-state index >= 15 is 0 Å². The molecular formula is C12H21NO4. The third-order valence-electron chi connectivity index (χ3n) is 2.84. The summed E-state index contributed by atoms with van der Waals surface area (Å²) in [6.45, 7) is 1.35. The number of carbonyl (C=O) groups is 2. The van der Waals surface area contributed by atoms with Crippen LogP contribution in [-0.2, 0) is 14.3 Å². The maximum atomic E-state index is 11.5. The van der Waals surface area contributed by atoms with Crippen LogP contribution in [0.15, 0.2) is 0 Å². The highest BCUT2D eigenvalue weighted by Crippen LogP contribution is 2.11. The minimum absolute atomic E-state index is 0.00645. The summed E-state index contributed by atoms with van der Waals surface area (Å²) in [6.07, 6.45) is 5.26. The maximum Gasteiger partial charge on any atom is 0.303 e. The number of nitrogens with one attached hydrogen (secondary N) is 1. The topological polar surface area (TPSA) is 75.6 Å². The van der Waals surface area contributed by atoms with Crippen molar-refractivity contribution in [3.8, 4) is 0 Å². The molecule has 0 bridgehead atoms. The molecule has 0 aromatic rings. The Morgan fingerprint density at radius 1 is 1.24 bits per heavy atom. The Labute approximate surface area is 102 Å². The lowest BCUT2D eigenvalue weighted by atomic mass is 10.1. The summed E-state index contributed by atoms with van der Waals surface area (Å²) >= 11 is 0. The van der Waals surface area contributed by atoms with E-state index in [4.69, 9.17) is 9.84 Å². The summed E-state index contributed by atoms with van der Waals surface area (Å²) in [5.74, 6) is -0.746. The summed E-state index contributed by atoms with van der Waals surface area (Å²) in [5, 5.41) is 11.3. The molecule has 98 valence electrons. The number of hydrogen-bond donors (Lipinski definition) is 2. The predicted octanol–water partition coefficient (Wildman–Crippen LogP) is 1.32. The molecule has 2 N–H and O–H groups in total. The van der Waals surface area contributed by atoms with Gasteiger partial charge in [-0.1, -0.05) is 12.8 Å². The van der Waals surface area contributed by atoms with Gasteiger partial charge in [0.05, 0.1) is 0 Å². The summed E-state index contributed by atoms with van der Waals surface area (Å²) < 4.78 is 5.26. The van der Waals surface area contributed by atoms with Crippen molar-refractivity contribution in [1.82, 2.24) is 5.32 Å². The van der Waals surface area contributed by atoms with Crippen molar-refractivity contribution in [3.05, 3.63) is 0 Å². The molecule has 1 aliphatic heterocycles. The Hall–Kier alpha value is -1.10. The van der Waals surface area contributed by atoms with E-state index in [1.807, 2.05) is 0 Å². The molecule has 1 fully saturated rings. The Morgan fingerprint density at radius 3 is 2.65 bits per heavy atom. The van der Waals surface area contributed by atoms with Gasteiger partial charge in [0, 0.05) is 19.6 Å². The van der Waals surface area contributed by atoms with Gasteiger partial charge in [-0.15, -0.1) is 0 Å². The molecule has 0 radical (unpaired) electrons. The highest BCUT2D eigenvalue weighted by Gasteiger charge is 2.22. The zero-order chi connectivity index (χ0) is 12.5. The number of amides is 1. The fraction of sp³-hybridized carbons (Fsp3) is 0.833. The van der Waals surface area contributed by atoms with Crippen LogP contribution in [0.2, 0.25) is 0 Å². The normalized spacial score (nSPS) is 19.2. The van der Waals surface area contributed by atoms with Gasteiger partial charge < -0.3 is 15.2 Å². The SMILES string of the molecule is O=C(O)CCCCCCNC(=O)[C@H]1CCCO1. The molecule has 1 aliphatic rings. The maximum absolute atomic E-state index is 11.5. The largest absolute Gasteiger partial charge is 0.481 e. The van der Waals surface area contributed by atoms with Gasteiger partial charge in [0.15, 0.2) is 0 Å². The van der Waals surface area contributed by atoms with Crippen LogP contribution in [0.25, 0.3) is 0 Å². The second kappa shape index (κ2) is 8.06. The average Bonchev–Trinajstić information content (AvgIpc) is 2.80. The monoisotopic (exact) mass is 243 g/mol. The van der Waals surface area contributed by atoms with Crippen molar-refractivity contribution < 1.29 is 19.4 Å². The molecule has 5 heteroatoms. The molecule has 1 saturated heterocycles. The molecule has 0 aromatic heterocycles. The fourth-order valence-electron chi connectivity index (χ4n) is 1.86. The van der Waals surface area contributed by atoms with Gasteiger partial charge in [-0.05, 0) is 25.7 Å². The van der Waals surface area contributed by atoms with Crippen LogP contribution < -0.4 is 5.32 Å². The Balaban J connectivity index is 1.89. The molecule has 1 rings (SSSR count). The van der Waals surface area contributed by atoms with Gasteiger partial charge in [-0.25, -0.2) is 0 Å². The van der Waals surface area contributed by atoms with Crippen molar-refractivity contribution in [3.63, 3.8) is 0 Å². The number of carboxylic acid groups (broad SMARTS) is 1. The van der Waals surface area contributed by atoms with Crippen LogP contribution in [0, 0.1) is 0 Å². The predicted molar refractivity (Wildman–Crippen MR) is 62.7 cm³/mol. The molecule has 0 aliphatic carbocycles. The van der Waals surface area contributed by atoms with Gasteiger partial charge in [0.25, 0.3) is 0 Å². The summed E-state index contributed by atoms with van der Waals surface area (Å²) in [4.78, 5) is 21.8. The van der Waals surface area contributed by atoms with E-state index in [1.165, 1.54) is 0 Å². The van der Waals surface area contributed by atoms with Crippen molar-refractivity contribution in [2.75, 3.05) is 13.2 Å². The Morgan fingerprint density at radius 2 is 2.00 bits per heavy atom. The van der Waals surface area contributed by atoms with Crippen molar-refractivity contribution in [2.24, 2.45) is 0 Å². The standard InChI is InChI=1S/C12H21NO4/c14-11(15)7-3-1-2-4-8-13-12(16)10-6-5-9-17-10/h10H,1-9H2,(H,13,16)(H,14,15)/t10-/m1/s1.